The molecule has 0 aliphatic heterocycles. The average molecular weight is 543 g/mol. The van der Waals surface area contributed by atoms with Crippen LogP contribution in [-0.2, 0) is 12.6 Å². The lowest BCUT2D eigenvalue weighted by molar-refractivity contribution is -0.143. The van der Waals surface area contributed by atoms with Gasteiger partial charge in [0.05, 0.1) is 53.4 Å². The summed E-state index contributed by atoms with van der Waals surface area (Å²) in [6.07, 6.45) is 0.827. The molecule has 0 radical (unpaired) electrons. The highest BCUT2D eigenvalue weighted by molar-refractivity contribution is 6.32. The Balaban J connectivity index is 1.51. The van der Waals surface area contributed by atoms with E-state index in [1.54, 1.807) is 24.4 Å². The molecule has 0 saturated carbocycles. The molecule has 0 fully saturated rings. The number of benzene rings is 1. The Kier molecular flexibility index (Phi) is 6.45. The van der Waals surface area contributed by atoms with E-state index in [9.17, 15) is 18.0 Å². The van der Waals surface area contributed by atoms with Gasteiger partial charge >= 0.3 is 6.18 Å². The minimum atomic E-state index is -4.91. The number of aromatic nitrogens is 7. The maximum atomic E-state index is 14.3. The Morgan fingerprint density at radius 2 is 1.92 bits per heavy atom. The zero-order valence-electron chi connectivity index (χ0n) is 19.9. The molecule has 1 amide bonds. The normalized spacial score (nSPS) is 11.6. The number of rotatable bonds is 6. The number of carbonyl (C=O) groups is 1. The van der Waals surface area contributed by atoms with Gasteiger partial charge < -0.3 is 10.1 Å². The van der Waals surface area contributed by atoms with Crippen LogP contribution in [0.3, 0.4) is 0 Å². The van der Waals surface area contributed by atoms with Crippen LogP contribution in [0.25, 0.3) is 22.3 Å². The number of ether oxygens (including phenoxy) is 1. The van der Waals surface area contributed by atoms with Crippen LogP contribution in [0.15, 0.2) is 55.1 Å². The van der Waals surface area contributed by atoms with E-state index in [0.29, 0.717) is 21.9 Å². The van der Waals surface area contributed by atoms with Crippen LogP contribution in [0.5, 0.6) is 5.88 Å². The van der Waals surface area contributed by atoms with Gasteiger partial charge in [-0.15, -0.1) is 4.80 Å². The number of nitrogens with zero attached hydrogens (tertiary/aromatic N) is 7. The maximum Gasteiger partial charge on any atom is 0.434 e. The van der Waals surface area contributed by atoms with Crippen LogP contribution in [0.1, 0.15) is 28.7 Å². The Labute approximate surface area is 218 Å². The zero-order valence-corrected chi connectivity index (χ0v) is 20.6. The Bertz CT molecular complexity index is 1660. The average Bonchev–Trinajstić information content (AvgIpc) is 3.56. The van der Waals surface area contributed by atoms with E-state index >= 15 is 0 Å². The first kappa shape index (κ1) is 25.1. The molecule has 1 aromatic carbocycles. The molecule has 1 N–H and O–H groups in total. The molecule has 4 aromatic heterocycles. The summed E-state index contributed by atoms with van der Waals surface area (Å²) in [5.74, 6) is -0.597. The smallest absolute Gasteiger partial charge is 0.434 e. The van der Waals surface area contributed by atoms with E-state index in [0.717, 1.165) is 11.9 Å². The number of methoxy groups -OCH3 is 1. The van der Waals surface area contributed by atoms with Crippen molar-refractivity contribution < 1.29 is 22.7 Å². The molecule has 0 aliphatic carbocycles. The highest BCUT2D eigenvalue weighted by atomic mass is 35.5. The molecule has 10 nitrogen and oxygen atoms in total. The van der Waals surface area contributed by atoms with E-state index in [2.05, 4.69) is 30.6 Å². The molecule has 0 atom stereocenters. The lowest BCUT2D eigenvalue weighted by Gasteiger charge is -2.15. The zero-order chi connectivity index (χ0) is 27.0. The molecule has 0 bridgehead atoms. The molecule has 0 saturated heterocycles. The van der Waals surface area contributed by atoms with Crippen molar-refractivity contribution in [2.75, 3.05) is 12.4 Å². The largest absolute Gasteiger partial charge is 0.481 e. The first-order chi connectivity index (χ1) is 18.2. The van der Waals surface area contributed by atoms with Gasteiger partial charge in [-0.25, -0.2) is 14.6 Å². The molecule has 14 heteroatoms. The summed E-state index contributed by atoms with van der Waals surface area (Å²) in [6.45, 7) is 1.91. The molecule has 194 valence electrons. The van der Waals surface area contributed by atoms with Gasteiger partial charge in [-0.2, -0.15) is 28.5 Å². The van der Waals surface area contributed by atoms with Crippen molar-refractivity contribution in [2.24, 2.45) is 0 Å². The SMILES string of the molecule is CCc1cnn(-c2ncc(NC(=O)c3cnn(-c4cccc5c(OC)nccc45)c3C(F)(F)F)cc2Cl)n1. The van der Waals surface area contributed by atoms with E-state index in [1.807, 2.05) is 6.92 Å². The number of anilines is 1. The molecule has 4 heterocycles. The topological polar surface area (TPSA) is 113 Å². The molecule has 38 heavy (non-hydrogen) atoms. The number of hydrogen-bond acceptors (Lipinski definition) is 7. The second-order valence-electron chi connectivity index (χ2n) is 7.97. The summed E-state index contributed by atoms with van der Waals surface area (Å²) in [5, 5.41) is 15.6. The number of alkyl halides is 3. The summed E-state index contributed by atoms with van der Waals surface area (Å²) >= 11 is 6.29. The molecule has 5 rings (SSSR count). The molecule has 0 spiro atoms. The minimum Gasteiger partial charge on any atom is -0.481 e. The third kappa shape index (κ3) is 4.52. The lowest BCUT2D eigenvalue weighted by Crippen LogP contribution is -2.21. The highest BCUT2D eigenvalue weighted by Gasteiger charge is 2.41. The van der Waals surface area contributed by atoms with Crippen LogP contribution >= 0.6 is 11.6 Å². The molecule has 0 aliphatic rings. The predicted octanol–water partition coefficient (Wildman–Crippen LogP) is 4.89. The van der Waals surface area contributed by atoms with E-state index in [1.165, 1.54) is 36.4 Å². The number of nitrogens with one attached hydrogen (secondary N) is 1. The van der Waals surface area contributed by atoms with E-state index in [-0.39, 0.29) is 28.1 Å². The summed E-state index contributed by atoms with van der Waals surface area (Å²) in [5.41, 5.74) is -1.04. The number of halogens is 4. The second kappa shape index (κ2) is 9.74. The molecular formula is C24H18ClF3N8O2. The first-order valence-electron chi connectivity index (χ1n) is 11.2. The van der Waals surface area contributed by atoms with Crippen LogP contribution in [0.2, 0.25) is 5.02 Å². The first-order valence-corrected chi connectivity index (χ1v) is 11.5. The van der Waals surface area contributed by atoms with Gasteiger partial charge in [0.15, 0.2) is 11.5 Å². The van der Waals surface area contributed by atoms with Crippen molar-refractivity contribution >= 4 is 34.0 Å². The molecule has 5 aromatic rings. The summed E-state index contributed by atoms with van der Waals surface area (Å²) in [4.78, 5) is 22.5. The van der Waals surface area contributed by atoms with Gasteiger partial charge in [-0.1, -0.05) is 24.6 Å². The summed E-state index contributed by atoms with van der Waals surface area (Å²) in [6, 6.07) is 7.57. The van der Waals surface area contributed by atoms with Gasteiger partial charge in [-0.3, -0.25) is 4.79 Å². The predicted molar refractivity (Wildman–Crippen MR) is 132 cm³/mol. The van der Waals surface area contributed by atoms with Gasteiger partial charge in [0.1, 0.15) is 0 Å². The molecule has 0 unspecified atom stereocenters. The standard InChI is InChI=1S/C24H18ClF3N8O2/c1-3-13-11-32-36(34-13)21-18(25)9-14(10-30-21)33-22(37)17-12-31-35(20(17)24(26,27)28)19-6-4-5-16-15(19)7-8-29-23(16)38-2/h4-12H,3H2,1-2H3,(H,33,37). The maximum absolute atomic E-state index is 14.3. The monoisotopic (exact) mass is 542 g/mol. The summed E-state index contributed by atoms with van der Waals surface area (Å²) < 4.78 is 48.7. The minimum absolute atomic E-state index is 0.0773. The van der Waals surface area contributed by atoms with Crippen molar-refractivity contribution in [3.63, 3.8) is 0 Å². The van der Waals surface area contributed by atoms with Crippen LogP contribution in [0, 0.1) is 0 Å². The Hall–Kier alpha value is -4.52. The third-order valence-electron chi connectivity index (χ3n) is 5.62. The van der Waals surface area contributed by atoms with Crippen molar-refractivity contribution in [3.05, 3.63) is 77.1 Å². The van der Waals surface area contributed by atoms with Crippen molar-refractivity contribution in [3.8, 4) is 17.4 Å². The lowest BCUT2D eigenvalue weighted by atomic mass is 10.1. The number of aryl methyl sites for hydroxylation is 1. The van der Waals surface area contributed by atoms with E-state index in [4.69, 9.17) is 16.3 Å². The number of carbonyl (C=O) groups excluding carboxylic acids is 1. The van der Waals surface area contributed by atoms with Gasteiger partial charge in [0.2, 0.25) is 5.88 Å². The Morgan fingerprint density at radius 1 is 1.11 bits per heavy atom. The van der Waals surface area contributed by atoms with Crippen molar-refractivity contribution in [1.82, 2.24) is 34.7 Å². The van der Waals surface area contributed by atoms with Crippen molar-refractivity contribution in [1.29, 1.82) is 0 Å². The number of amides is 1. The fourth-order valence-corrected chi connectivity index (χ4v) is 4.13. The van der Waals surface area contributed by atoms with Crippen LogP contribution < -0.4 is 10.1 Å². The number of pyridine rings is 2. The fourth-order valence-electron chi connectivity index (χ4n) is 3.88. The second-order valence-corrected chi connectivity index (χ2v) is 8.38. The number of hydrogen-bond donors (Lipinski definition) is 1. The van der Waals surface area contributed by atoms with Crippen LogP contribution in [-0.4, -0.2) is 47.8 Å². The van der Waals surface area contributed by atoms with Crippen molar-refractivity contribution in [2.45, 2.75) is 19.5 Å². The third-order valence-corrected chi connectivity index (χ3v) is 5.90. The number of fused-ring (bicyclic) bond motifs is 1. The molecular weight excluding hydrogens is 525 g/mol. The fraction of sp³-hybridized carbons (Fsp3) is 0.167. The quantitative estimate of drug-likeness (QED) is 0.325. The van der Waals surface area contributed by atoms with Gasteiger partial charge in [-0.05, 0) is 30.7 Å². The summed E-state index contributed by atoms with van der Waals surface area (Å²) in [7, 11) is 1.41. The highest BCUT2D eigenvalue weighted by Crippen LogP contribution is 2.36. The van der Waals surface area contributed by atoms with E-state index < -0.39 is 23.3 Å². The Morgan fingerprint density at radius 3 is 2.61 bits per heavy atom. The van der Waals surface area contributed by atoms with Crippen LogP contribution in [0.4, 0.5) is 18.9 Å². The van der Waals surface area contributed by atoms with Gasteiger partial charge in [0, 0.05) is 17.0 Å². The van der Waals surface area contributed by atoms with Gasteiger partial charge in [0.25, 0.3) is 5.91 Å².